The van der Waals surface area contributed by atoms with Gasteiger partial charge in [-0.15, -0.1) is 0 Å². The van der Waals surface area contributed by atoms with Crippen LogP contribution in [-0.4, -0.2) is 23.2 Å². The van der Waals surface area contributed by atoms with Crippen LogP contribution < -0.4 is 10.2 Å². The monoisotopic (exact) mass is 499 g/mol. The summed E-state index contributed by atoms with van der Waals surface area (Å²) in [6.45, 7) is 12.0. The van der Waals surface area contributed by atoms with E-state index in [0.29, 0.717) is 25.8 Å². The Hall–Kier alpha value is -2.21. The molecule has 0 atom stereocenters. The number of rotatable bonds is 4. The van der Waals surface area contributed by atoms with Gasteiger partial charge in [-0.25, -0.2) is 4.99 Å². The van der Waals surface area contributed by atoms with Crippen LogP contribution in [-0.2, 0) is 4.79 Å². The number of halogens is 2. The molecule has 0 bridgehead atoms. The molecule has 0 radical (unpaired) electrons. The largest absolute Gasteiger partial charge is 0.362 e. The van der Waals surface area contributed by atoms with Gasteiger partial charge in [0.2, 0.25) is 0 Å². The van der Waals surface area contributed by atoms with Crippen LogP contribution in [0.25, 0.3) is 11.6 Å². The first kappa shape index (κ1) is 23.9. The smallest absolute Gasteiger partial charge is 0.264 e. The summed E-state index contributed by atoms with van der Waals surface area (Å²) in [5, 5.41) is 4.26. The van der Waals surface area contributed by atoms with Crippen LogP contribution in [0.3, 0.4) is 0 Å². The number of hydrogen-bond acceptors (Lipinski definition) is 4. The van der Waals surface area contributed by atoms with Crippen molar-refractivity contribution < 1.29 is 4.79 Å². The lowest BCUT2D eigenvalue weighted by Gasteiger charge is -2.43. The highest BCUT2D eigenvalue weighted by Gasteiger charge is 2.31. The maximum absolute atomic E-state index is 12.6. The number of nitrogens with one attached hydrogen (secondary N) is 1. The molecule has 2 aliphatic heterocycles. The number of carbonyl (C=O) groups is 1. The van der Waals surface area contributed by atoms with Gasteiger partial charge >= 0.3 is 0 Å². The summed E-state index contributed by atoms with van der Waals surface area (Å²) in [7, 11) is 0. The number of fused-ring (bicyclic) bond motifs is 1. The van der Waals surface area contributed by atoms with Gasteiger partial charge in [0.25, 0.3) is 5.91 Å². The zero-order valence-corrected chi connectivity index (χ0v) is 21.8. The lowest BCUT2D eigenvalue weighted by atomic mass is 9.86. The van der Waals surface area contributed by atoms with Gasteiger partial charge in [0.1, 0.15) is 0 Å². The molecule has 7 heteroatoms. The van der Waals surface area contributed by atoms with Gasteiger partial charge in [0.05, 0.1) is 26.2 Å². The third-order valence-electron chi connectivity index (χ3n) is 5.88. The van der Waals surface area contributed by atoms with Crippen LogP contribution in [0.1, 0.15) is 50.8 Å². The SMILES string of the molecule is CCCN1c2cc(C)c(/C=C3/SC(=Nc4ccc(Cl)c(Cl)c4)NC3=O)cc2C(C)=CC1(C)C. The number of aliphatic imine (C=N–C) groups is 1. The van der Waals surface area contributed by atoms with E-state index >= 15 is 0 Å². The summed E-state index contributed by atoms with van der Waals surface area (Å²) in [4.78, 5) is 20.2. The van der Waals surface area contributed by atoms with Crippen molar-refractivity contribution in [3.8, 4) is 0 Å². The molecule has 2 aliphatic rings. The van der Waals surface area contributed by atoms with Crippen LogP contribution in [0.5, 0.6) is 0 Å². The third-order valence-corrected chi connectivity index (χ3v) is 7.53. The number of amidine groups is 1. The minimum atomic E-state index is -0.156. The van der Waals surface area contributed by atoms with Crippen molar-refractivity contribution in [1.82, 2.24) is 5.32 Å². The van der Waals surface area contributed by atoms with Crippen molar-refractivity contribution in [3.63, 3.8) is 0 Å². The Morgan fingerprint density at radius 2 is 1.91 bits per heavy atom. The van der Waals surface area contributed by atoms with E-state index in [1.165, 1.54) is 28.6 Å². The fraction of sp³-hybridized carbons (Fsp3) is 0.308. The molecule has 2 heterocycles. The number of hydrogen-bond donors (Lipinski definition) is 1. The van der Waals surface area contributed by atoms with Gasteiger partial charge < -0.3 is 10.2 Å². The van der Waals surface area contributed by atoms with E-state index in [9.17, 15) is 4.79 Å². The molecule has 1 saturated heterocycles. The number of benzene rings is 2. The van der Waals surface area contributed by atoms with Crippen molar-refractivity contribution in [2.45, 2.75) is 46.6 Å². The second-order valence-electron chi connectivity index (χ2n) is 8.94. The van der Waals surface area contributed by atoms with Crippen molar-refractivity contribution in [1.29, 1.82) is 0 Å². The van der Waals surface area contributed by atoms with Gasteiger partial charge in [-0.3, -0.25) is 4.79 Å². The summed E-state index contributed by atoms with van der Waals surface area (Å²) >= 11 is 13.4. The highest BCUT2D eigenvalue weighted by atomic mass is 35.5. The quantitative estimate of drug-likeness (QED) is 0.440. The second kappa shape index (κ2) is 9.21. The fourth-order valence-corrected chi connectivity index (χ4v) is 5.45. The van der Waals surface area contributed by atoms with Crippen LogP contribution >= 0.6 is 35.0 Å². The summed E-state index contributed by atoms with van der Waals surface area (Å²) in [6.07, 6.45) is 5.36. The topological polar surface area (TPSA) is 44.7 Å². The molecule has 172 valence electrons. The minimum absolute atomic E-state index is 0.0311. The van der Waals surface area contributed by atoms with E-state index in [0.717, 1.165) is 24.1 Å². The van der Waals surface area contributed by atoms with Gasteiger partial charge in [-0.05, 0) is 99.0 Å². The molecule has 33 heavy (non-hydrogen) atoms. The minimum Gasteiger partial charge on any atom is -0.362 e. The van der Waals surface area contributed by atoms with E-state index in [1.54, 1.807) is 18.2 Å². The Labute approximate surface area is 209 Å². The van der Waals surface area contributed by atoms with Gasteiger partial charge in [-0.2, -0.15) is 0 Å². The molecule has 0 aromatic heterocycles. The highest BCUT2D eigenvalue weighted by molar-refractivity contribution is 8.18. The lowest BCUT2D eigenvalue weighted by molar-refractivity contribution is -0.115. The van der Waals surface area contributed by atoms with E-state index in [4.69, 9.17) is 23.2 Å². The van der Waals surface area contributed by atoms with Gasteiger partial charge in [0, 0.05) is 17.8 Å². The second-order valence-corrected chi connectivity index (χ2v) is 10.8. The number of anilines is 1. The number of carbonyl (C=O) groups excluding carboxylic acids is 1. The van der Waals surface area contributed by atoms with E-state index in [-0.39, 0.29) is 11.4 Å². The number of nitrogens with zero attached hydrogens (tertiary/aromatic N) is 2. The zero-order valence-electron chi connectivity index (χ0n) is 19.4. The lowest BCUT2D eigenvalue weighted by Crippen LogP contribution is -2.45. The molecule has 1 fully saturated rings. The number of allylic oxidation sites excluding steroid dienone is 1. The standard InChI is InChI=1S/C26H27Cl2N3OS/c1-6-9-31-22-10-15(2)17(11-19(22)16(3)14-26(31,4)5)12-23-24(32)30-25(33-23)29-18-7-8-20(27)21(28)13-18/h7-8,10-14H,6,9H2,1-5H3,(H,29,30,32)/b23-12+. The molecule has 0 saturated carbocycles. The molecule has 4 rings (SSSR count). The molecule has 1 amide bonds. The van der Waals surface area contributed by atoms with Crippen molar-refractivity contribution in [2.24, 2.45) is 4.99 Å². The number of thioether (sulfide) groups is 1. The van der Waals surface area contributed by atoms with Crippen molar-refractivity contribution in [2.75, 3.05) is 11.4 Å². The number of aryl methyl sites for hydroxylation is 1. The van der Waals surface area contributed by atoms with E-state index in [2.05, 4.69) is 68.0 Å². The van der Waals surface area contributed by atoms with Crippen molar-refractivity contribution in [3.05, 3.63) is 68.0 Å². The van der Waals surface area contributed by atoms with Crippen LogP contribution in [0.4, 0.5) is 11.4 Å². The molecule has 2 aromatic rings. The Bertz CT molecular complexity index is 1230. The summed E-state index contributed by atoms with van der Waals surface area (Å²) < 4.78 is 0. The molecular formula is C26H27Cl2N3OS. The first-order valence-electron chi connectivity index (χ1n) is 11.0. The Balaban J connectivity index is 1.67. The fourth-order valence-electron chi connectivity index (χ4n) is 4.33. The molecule has 0 aliphatic carbocycles. The predicted octanol–water partition coefficient (Wildman–Crippen LogP) is 7.61. The number of amides is 1. The average molecular weight is 500 g/mol. The van der Waals surface area contributed by atoms with Gasteiger partial charge in [0.15, 0.2) is 5.17 Å². The van der Waals surface area contributed by atoms with Gasteiger partial charge in [-0.1, -0.05) is 36.2 Å². The molecular weight excluding hydrogens is 473 g/mol. The van der Waals surface area contributed by atoms with E-state index < -0.39 is 0 Å². The summed E-state index contributed by atoms with van der Waals surface area (Å²) in [5.41, 5.74) is 6.50. The van der Waals surface area contributed by atoms with Crippen LogP contribution in [0.15, 0.2) is 46.3 Å². The first-order valence-corrected chi connectivity index (χ1v) is 12.5. The molecule has 4 nitrogen and oxygen atoms in total. The Morgan fingerprint density at radius 3 is 2.61 bits per heavy atom. The molecule has 2 aromatic carbocycles. The first-order chi connectivity index (χ1) is 15.6. The van der Waals surface area contributed by atoms with E-state index in [1.807, 2.05) is 6.08 Å². The summed E-state index contributed by atoms with van der Waals surface area (Å²) in [6, 6.07) is 9.58. The highest BCUT2D eigenvalue weighted by Crippen LogP contribution is 2.41. The predicted molar refractivity (Wildman–Crippen MR) is 144 cm³/mol. The molecule has 0 spiro atoms. The Kier molecular flexibility index (Phi) is 6.68. The van der Waals surface area contributed by atoms with Crippen LogP contribution in [0, 0.1) is 6.92 Å². The normalized spacial score (nSPS) is 19.7. The molecule has 0 unspecified atom stereocenters. The molecule has 1 N–H and O–H groups in total. The zero-order chi connectivity index (χ0) is 23.9. The maximum atomic E-state index is 12.6. The van der Waals surface area contributed by atoms with Crippen molar-refractivity contribution >= 4 is 69.1 Å². The average Bonchev–Trinajstić information content (AvgIpc) is 3.07. The third kappa shape index (κ3) is 4.86. The maximum Gasteiger partial charge on any atom is 0.264 e. The summed E-state index contributed by atoms with van der Waals surface area (Å²) in [5.74, 6) is -0.156. The van der Waals surface area contributed by atoms with Crippen LogP contribution in [0.2, 0.25) is 10.0 Å². The Morgan fingerprint density at radius 1 is 1.15 bits per heavy atom.